The van der Waals surface area contributed by atoms with Gasteiger partial charge in [-0.2, -0.15) is 0 Å². The van der Waals surface area contributed by atoms with E-state index in [2.05, 4.69) is 63.4 Å². The van der Waals surface area contributed by atoms with E-state index >= 15 is 0 Å². The van der Waals surface area contributed by atoms with Crippen molar-refractivity contribution in [1.29, 1.82) is 0 Å². The summed E-state index contributed by atoms with van der Waals surface area (Å²) in [7, 11) is 0. The van der Waals surface area contributed by atoms with Gasteiger partial charge in [0.25, 0.3) is 0 Å². The number of hydrogen-bond donors (Lipinski definition) is 1. The van der Waals surface area contributed by atoms with Gasteiger partial charge in [0.15, 0.2) is 0 Å². The van der Waals surface area contributed by atoms with Crippen molar-refractivity contribution in [1.82, 2.24) is 10.2 Å². The molecule has 0 bridgehead atoms. The Kier molecular flexibility index (Phi) is 10.8. The number of halogens is 3. The molecule has 26 heavy (non-hydrogen) atoms. The topological polar surface area (TPSA) is 37.6 Å². The minimum absolute atomic E-state index is 0. The van der Waals surface area contributed by atoms with Gasteiger partial charge in [0.1, 0.15) is 11.5 Å². The fraction of sp³-hybridized carbons (Fsp3) is 0.474. The summed E-state index contributed by atoms with van der Waals surface area (Å²) in [5.74, 6) is 1.92. The summed E-state index contributed by atoms with van der Waals surface area (Å²) in [6.07, 6.45) is 1.15. The van der Waals surface area contributed by atoms with Crippen molar-refractivity contribution in [2.45, 2.75) is 19.9 Å². The average Bonchev–Trinajstić information content (AvgIpc) is 3.04. The molecule has 1 aromatic carbocycles. The molecule has 0 atom stereocenters. The zero-order valence-corrected chi connectivity index (χ0v) is 18.2. The standard InChI is InChI=1S/C19H25BrN2O2.2ClH/c1-15-13-16(20)3-5-18(15)19-6-4-17(24-19)14-21-7-2-8-22-9-11-23-12-10-22;;/h3-6,13,21H,2,7-12,14H2,1H3;2*1H. The Morgan fingerprint density at radius 1 is 1.12 bits per heavy atom. The van der Waals surface area contributed by atoms with Crippen LogP contribution in [0.15, 0.2) is 39.2 Å². The van der Waals surface area contributed by atoms with Crippen molar-refractivity contribution in [3.8, 4) is 11.3 Å². The van der Waals surface area contributed by atoms with E-state index < -0.39 is 0 Å². The number of nitrogens with zero attached hydrogens (tertiary/aromatic N) is 1. The van der Waals surface area contributed by atoms with Crippen LogP contribution < -0.4 is 5.32 Å². The van der Waals surface area contributed by atoms with Gasteiger partial charge >= 0.3 is 0 Å². The summed E-state index contributed by atoms with van der Waals surface area (Å²) in [5, 5.41) is 3.47. The maximum Gasteiger partial charge on any atom is 0.134 e. The molecule has 0 saturated carbocycles. The van der Waals surface area contributed by atoms with E-state index in [1.165, 1.54) is 5.56 Å². The molecule has 1 aliphatic rings. The van der Waals surface area contributed by atoms with Crippen LogP contribution in [-0.4, -0.2) is 44.3 Å². The van der Waals surface area contributed by atoms with Gasteiger partial charge in [0.05, 0.1) is 19.8 Å². The molecule has 1 aromatic heterocycles. The number of benzene rings is 1. The van der Waals surface area contributed by atoms with Gasteiger partial charge in [-0.3, -0.25) is 4.90 Å². The van der Waals surface area contributed by atoms with Crippen LogP contribution in [0.5, 0.6) is 0 Å². The molecule has 1 saturated heterocycles. The molecule has 2 aromatic rings. The van der Waals surface area contributed by atoms with Crippen LogP contribution in [0.25, 0.3) is 11.3 Å². The Hall–Kier alpha value is -0.560. The monoisotopic (exact) mass is 464 g/mol. The second kappa shape index (κ2) is 12.0. The lowest BCUT2D eigenvalue weighted by Crippen LogP contribution is -2.37. The van der Waals surface area contributed by atoms with E-state index in [0.717, 1.165) is 73.9 Å². The molecule has 7 heteroatoms. The van der Waals surface area contributed by atoms with Gasteiger partial charge in [-0.1, -0.05) is 15.9 Å². The number of morpholine rings is 1. The molecule has 0 aliphatic carbocycles. The molecule has 0 amide bonds. The molecule has 0 radical (unpaired) electrons. The van der Waals surface area contributed by atoms with Crippen LogP contribution in [0.2, 0.25) is 0 Å². The Balaban J connectivity index is 0.00000169. The third-order valence-corrected chi connectivity index (χ3v) is 4.84. The van der Waals surface area contributed by atoms with E-state index in [1.807, 2.05) is 0 Å². The lowest BCUT2D eigenvalue weighted by molar-refractivity contribution is 0.0374. The molecule has 2 heterocycles. The first kappa shape index (κ1) is 23.5. The number of aryl methyl sites for hydroxylation is 1. The van der Waals surface area contributed by atoms with Gasteiger partial charge in [-0.05, 0) is 62.3 Å². The quantitative estimate of drug-likeness (QED) is 0.602. The highest BCUT2D eigenvalue weighted by Gasteiger charge is 2.10. The highest BCUT2D eigenvalue weighted by atomic mass is 79.9. The van der Waals surface area contributed by atoms with Gasteiger partial charge in [-0.25, -0.2) is 0 Å². The third kappa shape index (κ3) is 6.87. The van der Waals surface area contributed by atoms with Crippen LogP contribution in [0.4, 0.5) is 0 Å². The first-order valence-corrected chi connectivity index (χ1v) is 9.38. The van der Waals surface area contributed by atoms with Crippen LogP contribution in [0.3, 0.4) is 0 Å². The highest BCUT2D eigenvalue weighted by Crippen LogP contribution is 2.27. The Labute approximate surface area is 176 Å². The van der Waals surface area contributed by atoms with Crippen molar-refractivity contribution in [2.75, 3.05) is 39.4 Å². The largest absolute Gasteiger partial charge is 0.460 e. The second-order valence-corrected chi connectivity index (χ2v) is 7.13. The van der Waals surface area contributed by atoms with Gasteiger partial charge in [0, 0.05) is 23.1 Å². The first-order valence-electron chi connectivity index (χ1n) is 8.58. The maximum absolute atomic E-state index is 5.98. The summed E-state index contributed by atoms with van der Waals surface area (Å²) >= 11 is 3.50. The molecule has 0 unspecified atom stereocenters. The molecule has 3 rings (SSSR count). The maximum atomic E-state index is 5.98. The van der Waals surface area contributed by atoms with Crippen molar-refractivity contribution in [3.05, 3.63) is 46.1 Å². The summed E-state index contributed by atoms with van der Waals surface area (Å²) < 4.78 is 12.4. The fourth-order valence-electron chi connectivity index (χ4n) is 2.99. The van der Waals surface area contributed by atoms with Crippen LogP contribution >= 0.6 is 40.7 Å². The van der Waals surface area contributed by atoms with E-state index in [0.29, 0.717) is 0 Å². The zero-order valence-electron chi connectivity index (χ0n) is 15.0. The predicted molar refractivity (Wildman–Crippen MR) is 115 cm³/mol. The SMILES string of the molecule is Cc1cc(Br)ccc1-c1ccc(CNCCCN2CCOCC2)o1.Cl.Cl. The summed E-state index contributed by atoms with van der Waals surface area (Å²) in [6, 6.07) is 10.4. The molecule has 4 nitrogen and oxygen atoms in total. The van der Waals surface area contributed by atoms with E-state index in [9.17, 15) is 0 Å². The van der Waals surface area contributed by atoms with Crippen molar-refractivity contribution >= 4 is 40.7 Å². The Morgan fingerprint density at radius 3 is 2.62 bits per heavy atom. The second-order valence-electron chi connectivity index (χ2n) is 6.21. The average molecular weight is 466 g/mol. The fourth-order valence-corrected chi connectivity index (χ4v) is 3.46. The minimum Gasteiger partial charge on any atom is -0.460 e. The molecule has 0 spiro atoms. The number of rotatable bonds is 7. The summed E-state index contributed by atoms with van der Waals surface area (Å²) in [5.41, 5.74) is 2.36. The van der Waals surface area contributed by atoms with Crippen molar-refractivity contribution < 1.29 is 9.15 Å². The van der Waals surface area contributed by atoms with Crippen molar-refractivity contribution in [3.63, 3.8) is 0 Å². The minimum atomic E-state index is 0. The van der Waals surface area contributed by atoms with Crippen molar-refractivity contribution in [2.24, 2.45) is 0 Å². The first-order chi connectivity index (χ1) is 11.7. The number of hydrogen-bond acceptors (Lipinski definition) is 4. The predicted octanol–water partition coefficient (Wildman–Crippen LogP) is 4.67. The molecule has 1 fully saturated rings. The lowest BCUT2D eigenvalue weighted by Gasteiger charge is -2.26. The van der Waals surface area contributed by atoms with E-state index in [4.69, 9.17) is 9.15 Å². The smallest absolute Gasteiger partial charge is 0.134 e. The molecule has 146 valence electrons. The number of ether oxygens (including phenoxy) is 1. The van der Waals surface area contributed by atoms with E-state index in [-0.39, 0.29) is 24.8 Å². The zero-order chi connectivity index (χ0) is 16.8. The van der Waals surface area contributed by atoms with Crippen LogP contribution in [0, 0.1) is 6.92 Å². The third-order valence-electron chi connectivity index (χ3n) is 4.35. The summed E-state index contributed by atoms with van der Waals surface area (Å²) in [4.78, 5) is 2.46. The highest BCUT2D eigenvalue weighted by molar-refractivity contribution is 9.10. The molecule has 1 aliphatic heterocycles. The van der Waals surface area contributed by atoms with Gasteiger partial charge < -0.3 is 14.5 Å². The number of nitrogens with one attached hydrogen (secondary N) is 1. The van der Waals surface area contributed by atoms with E-state index in [1.54, 1.807) is 0 Å². The molecular formula is C19H27BrCl2N2O2. The van der Waals surface area contributed by atoms with Gasteiger partial charge in [-0.15, -0.1) is 24.8 Å². The van der Waals surface area contributed by atoms with Crippen LogP contribution in [-0.2, 0) is 11.3 Å². The lowest BCUT2D eigenvalue weighted by atomic mass is 10.1. The molecule has 1 N–H and O–H groups in total. The normalized spacial score (nSPS) is 14.5. The summed E-state index contributed by atoms with van der Waals surface area (Å²) in [6.45, 7) is 8.89. The van der Waals surface area contributed by atoms with Gasteiger partial charge in [0.2, 0.25) is 0 Å². The number of furan rings is 1. The Morgan fingerprint density at radius 2 is 1.88 bits per heavy atom. The van der Waals surface area contributed by atoms with Crippen LogP contribution in [0.1, 0.15) is 17.7 Å². The molecular weight excluding hydrogens is 439 g/mol. The Bertz CT molecular complexity index is 661.